The SMILES string of the molecule is CNC1CCC(S(=O)C2CCCC2)C1C. The Morgan fingerprint density at radius 2 is 1.80 bits per heavy atom. The van der Waals surface area contributed by atoms with E-state index < -0.39 is 10.8 Å². The molecule has 0 aromatic carbocycles. The molecule has 15 heavy (non-hydrogen) atoms. The van der Waals surface area contributed by atoms with Gasteiger partial charge in [0.25, 0.3) is 0 Å². The summed E-state index contributed by atoms with van der Waals surface area (Å²) in [6, 6.07) is 0.598. The normalized spacial score (nSPS) is 39.7. The van der Waals surface area contributed by atoms with E-state index in [1.165, 1.54) is 32.1 Å². The Labute approximate surface area is 95.7 Å². The highest BCUT2D eigenvalue weighted by molar-refractivity contribution is 7.86. The summed E-state index contributed by atoms with van der Waals surface area (Å²) < 4.78 is 12.4. The number of hydrogen-bond acceptors (Lipinski definition) is 2. The molecular formula is C12H23NOS. The van der Waals surface area contributed by atoms with E-state index in [-0.39, 0.29) is 0 Å². The summed E-state index contributed by atoms with van der Waals surface area (Å²) in [5, 5.41) is 4.34. The van der Waals surface area contributed by atoms with Gasteiger partial charge in [0.05, 0.1) is 0 Å². The molecule has 3 heteroatoms. The summed E-state index contributed by atoms with van der Waals surface area (Å²) in [5.74, 6) is 0.594. The van der Waals surface area contributed by atoms with Crippen LogP contribution in [-0.4, -0.2) is 27.8 Å². The van der Waals surface area contributed by atoms with Gasteiger partial charge in [-0.05, 0) is 38.6 Å². The van der Waals surface area contributed by atoms with Crippen LogP contribution in [0.4, 0.5) is 0 Å². The molecule has 88 valence electrons. The van der Waals surface area contributed by atoms with E-state index in [2.05, 4.69) is 12.2 Å². The molecule has 0 heterocycles. The average Bonchev–Trinajstić information content (AvgIpc) is 2.85. The van der Waals surface area contributed by atoms with Crippen molar-refractivity contribution in [3.63, 3.8) is 0 Å². The minimum atomic E-state index is -0.563. The fraction of sp³-hybridized carbons (Fsp3) is 1.00. The molecule has 1 N–H and O–H groups in total. The molecule has 0 amide bonds. The van der Waals surface area contributed by atoms with Gasteiger partial charge in [0.1, 0.15) is 0 Å². The summed E-state index contributed by atoms with van der Waals surface area (Å²) in [6.07, 6.45) is 7.39. The van der Waals surface area contributed by atoms with Crippen LogP contribution in [0.3, 0.4) is 0 Å². The van der Waals surface area contributed by atoms with Crippen molar-refractivity contribution in [3.8, 4) is 0 Å². The van der Waals surface area contributed by atoms with E-state index in [1.54, 1.807) is 0 Å². The molecule has 0 aromatic rings. The van der Waals surface area contributed by atoms with E-state index in [9.17, 15) is 4.21 Å². The van der Waals surface area contributed by atoms with E-state index in [0.717, 1.165) is 6.42 Å². The molecule has 2 rings (SSSR count). The van der Waals surface area contributed by atoms with Gasteiger partial charge in [-0.3, -0.25) is 4.21 Å². The average molecular weight is 229 g/mol. The number of nitrogens with one attached hydrogen (secondary N) is 1. The topological polar surface area (TPSA) is 29.1 Å². The van der Waals surface area contributed by atoms with Gasteiger partial charge in [0.2, 0.25) is 0 Å². The predicted molar refractivity (Wildman–Crippen MR) is 65.4 cm³/mol. The predicted octanol–water partition coefficient (Wildman–Crippen LogP) is 2.06. The van der Waals surface area contributed by atoms with Crippen molar-refractivity contribution in [1.29, 1.82) is 0 Å². The van der Waals surface area contributed by atoms with Crippen LogP contribution < -0.4 is 5.32 Å². The van der Waals surface area contributed by atoms with Crippen LogP contribution >= 0.6 is 0 Å². The van der Waals surface area contributed by atoms with E-state index >= 15 is 0 Å². The molecule has 0 radical (unpaired) electrons. The molecule has 2 saturated carbocycles. The Kier molecular flexibility index (Phi) is 3.83. The minimum absolute atomic E-state index is 0.463. The monoisotopic (exact) mass is 229 g/mol. The highest BCUT2D eigenvalue weighted by Gasteiger charge is 2.38. The van der Waals surface area contributed by atoms with Crippen LogP contribution in [0.1, 0.15) is 45.4 Å². The Morgan fingerprint density at radius 3 is 2.33 bits per heavy atom. The van der Waals surface area contributed by atoms with Crippen molar-refractivity contribution < 1.29 is 4.21 Å². The van der Waals surface area contributed by atoms with Gasteiger partial charge in [-0.2, -0.15) is 0 Å². The summed E-state index contributed by atoms with van der Waals surface area (Å²) in [7, 11) is 1.47. The smallest absolute Gasteiger partial charge is 0.0391 e. The van der Waals surface area contributed by atoms with Crippen LogP contribution in [0, 0.1) is 5.92 Å². The van der Waals surface area contributed by atoms with E-state index in [0.29, 0.717) is 22.5 Å². The van der Waals surface area contributed by atoms with Crippen LogP contribution in [0.5, 0.6) is 0 Å². The van der Waals surface area contributed by atoms with Crippen molar-refractivity contribution in [3.05, 3.63) is 0 Å². The second-order valence-corrected chi connectivity index (χ2v) is 7.03. The van der Waals surface area contributed by atoms with Crippen molar-refractivity contribution in [1.82, 2.24) is 5.32 Å². The van der Waals surface area contributed by atoms with Gasteiger partial charge in [0.15, 0.2) is 0 Å². The Bertz CT molecular complexity index is 238. The zero-order valence-electron chi connectivity index (χ0n) is 9.87. The first-order chi connectivity index (χ1) is 7.24. The third kappa shape index (κ3) is 2.28. The molecule has 2 fully saturated rings. The summed E-state index contributed by atoms with van der Waals surface area (Å²) in [5.41, 5.74) is 0. The first-order valence-electron chi connectivity index (χ1n) is 6.30. The molecule has 0 bridgehead atoms. The molecule has 4 unspecified atom stereocenters. The Morgan fingerprint density at radius 1 is 1.13 bits per heavy atom. The standard InChI is InChI=1S/C12H23NOS/c1-9-11(13-2)7-8-12(9)15(14)10-5-3-4-6-10/h9-13H,3-8H2,1-2H3. The summed E-state index contributed by atoms with van der Waals surface area (Å²) in [4.78, 5) is 0. The number of hydrogen-bond donors (Lipinski definition) is 1. The first kappa shape index (κ1) is 11.6. The van der Waals surface area contributed by atoms with Gasteiger partial charge in [-0.15, -0.1) is 0 Å². The second-order valence-electron chi connectivity index (χ2n) is 5.11. The maximum Gasteiger partial charge on any atom is 0.0391 e. The Hall–Kier alpha value is 0.110. The highest BCUT2D eigenvalue weighted by atomic mass is 32.2. The molecule has 2 aliphatic carbocycles. The largest absolute Gasteiger partial charge is 0.317 e. The van der Waals surface area contributed by atoms with Gasteiger partial charge >= 0.3 is 0 Å². The lowest BCUT2D eigenvalue weighted by atomic mass is 10.1. The summed E-state index contributed by atoms with van der Waals surface area (Å²) in [6.45, 7) is 2.27. The van der Waals surface area contributed by atoms with Crippen LogP contribution in [0.25, 0.3) is 0 Å². The van der Waals surface area contributed by atoms with Gasteiger partial charge in [-0.1, -0.05) is 19.8 Å². The molecular weight excluding hydrogens is 206 g/mol. The van der Waals surface area contributed by atoms with E-state index in [1.807, 2.05) is 7.05 Å². The lowest BCUT2D eigenvalue weighted by molar-refractivity contribution is 0.459. The van der Waals surface area contributed by atoms with Gasteiger partial charge < -0.3 is 5.32 Å². The zero-order valence-corrected chi connectivity index (χ0v) is 10.7. The maximum atomic E-state index is 12.4. The summed E-state index contributed by atoms with van der Waals surface area (Å²) >= 11 is 0. The maximum absolute atomic E-state index is 12.4. The molecule has 2 nitrogen and oxygen atoms in total. The van der Waals surface area contributed by atoms with E-state index in [4.69, 9.17) is 0 Å². The molecule has 0 aromatic heterocycles. The third-order valence-electron chi connectivity index (χ3n) is 4.28. The minimum Gasteiger partial charge on any atom is -0.317 e. The van der Waals surface area contributed by atoms with Crippen molar-refractivity contribution in [2.24, 2.45) is 5.92 Å². The van der Waals surface area contributed by atoms with Gasteiger partial charge in [-0.25, -0.2) is 0 Å². The lowest BCUT2D eigenvalue weighted by Crippen LogP contribution is -2.34. The van der Waals surface area contributed by atoms with Crippen molar-refractivity contribution >= 4 is 10.8 Å². The quantitative estimate of drug-likeness (QED) is 0.802. The van der Waals surface area contributed by atoms with Crippen LogP contribution in [-0.2, 0) is 10.8 Å². The molecule has 0 saturated heterocycles. The van der Waals surface area contributed by atoms with Crippen molar-refractivity contribution in [2.75, 3.05) is 7.05 Å². The third-order valence-corrected chi connectivity index (χ3v) is 6.67. The fourth-order valence-corrected chi connectivity index (χ4v) is 5.51. The highest BCUT2D eigenvalue weighted by Crippen LogP contribution is 2.34. The van der Waals surface area contributed by atoms with Crippen molar-refractivity contribution in [2.45, 2.75) is 62.0 Å². The second kappa shape index (κ2) is 4.96. The van der Waals surface area contributed by atoms with Gasteiger partial charge in [0, 0.05) is 27.3 Å². The zero-order chi connectivity index (χ0) is 10.8. The van der Waals surface area contributed by atoms with Crippen LogP contribution in [0.15, 0.2) is 0 Å². The fourth-order valence-electron chi connectivity index (χ4n) is 3.23. The molecule has 4 atom stereocenters. The molecule has 2 aliphatic rings. The molecule has 0 spiro atoms. The molecule has 0 aliphatic heterocycles. The first-order valence-corrected chi connectivity index (χ1v) is 7.58. The Balaban J connectivity index is 1.96. The lowest BCUT2D eigenvalue weighted by Gasteiger charge is -2.22. The van der Waals surface area contributed by atoms with Crippen LogP contribution in [0.2, 0.25) is 0 Å². The number of rotatable bonds is 3.